The molecule has 0 aliphatic heterocycles. The van der Waals surface area contributed by atoms with Crippen molar-refractivity contribution in [1.82, 2.24) is 4.90 Å². The van der Waals surface area contributed by atoms with Gasteiger partial charge in [-0.15, -0.1) is 0 Å². The summed E-state index contributed by atoms with van der Waals surface area (Å²) in [6.07, 6.45) is 2.03. The molecular formula is C28H38F3NO. The van der Waals surface area contributed by atoms with Gasteiger partial charge in [-0.3, -0.25) is 4.90 Å². The highest BCUT2D eigenvalue weighted by Crippen LogP contribution is 2.36. The first kappa shape index (κ1) is 25.8. The van der Waals surface area contributed by atoms with Gasteiger partial charge in [0.05, 0.1) is 18.3 Å². The minimum Gasteiger partial charge on any atom is -0.374 e. The zero-order valence-corrected chi connectivity index (χ0v) is 20.3. The Balaban J connectivity index is 1.72. The van der Waals surface area contributed by atoms with E-state index in [-0.39, 0.29) is 18.3 Å². The molecular weight excluding hydrogens is 423 g/mol. The quantitative estimate of drug-likeness (QED) is 0.335. The molecule has 1 saturated carbocycles. The summed E-state index contributed by atoms with van der Waals surface area (Å²) in [5.41, 5.74) is 2.20. The fourth-order valence-electron chi connectivity index (χ4n) is 4.50. The number of benzene rings is 2. The number of halogens is 3. The van der Waals surface area contributed by atoms with Crippen LogP contribution >= 0.6 is 0 Å². The summed E-state index contributed by atoms with van der Waals surface area (Å²) < 4.78 is 47.2. The highest BCUT2D eigenvalue weighted by molar-refractivity contribution is 5.65. The molecule has 0 radical (unpaired) electrons. The molecule has 182 valence electrons. The Morgan fingerprint density at radius 2 is 1.64 bits per heavy atom. The summed E-state index contributed by atoms with van der Waals surface area (Å²) in [7, 11) is 0. The molecule has 0 heterocycles. The zero-order valence-electron chi connectivity index (χ0n) is 20.3. The Bertz CT molecular complexity index is 854. The van der Waals surface area contributed by atoms with Crippen LogP contribution in [0.1, 0.15) is 76.0 Å². The number of rotatable bonds is 11. The lowest BCUT2D eigenvalue weighted by Gasteiger charge is -2.23. The van der Waals surface area contributed by atoms with Crippen molar-refractivity contribution in [1.29, 1.82) is 0 Å². The Kier molecular flexibility index (Phi) is 9.39. The summed E-state index contributed by atoms with van der Waals surface area (Å²) in [4.78, 5) is 2.45. The van der Waals surface area contributed by atoms with E-state index >= 15 is 0 Å². The van der Waals surface area contributed by atoms with Gasteiger partial charge in [0.25, 0.3) is 0 Å². The molecule has 0 bridgehead atoms. The van der Waals surface area contributed by atoms with Crippen LogP contribution in [0, 0.1) is 5.92 Å². The molecule has 1 aliphatic carbocycles. The zero-order chi connectivity index (χ0) is 23.8. The third kappa shape index (κ3) is 7.86. The summed E-state index contributed by atoms with van der Waals surface area (Å²) in [6, 6.07) is 12.6. The number of hydrogen-bond donors (Lipinski definition) is 0. The van der Waals surface area contributed by atoms with Crippen LogP contribution in [0.3, 0.4) is 0 Å². The van der Waals surface area contributed by atoms with Crippen molar-refractivity contribution < 1.29 is 17.9 Å². The Labute approximate surface area is 197 Å². The van der Waals surface area contributed by atoms with Gasteiger partial charge in [-0.25, -0.2) is 0 Å². The summed E-state index contributed by atoms with van der Waals surface area (Å²) in [6.45, 7) is 9.65. The summed E-state index contributed by atoms with van der Waals surface area (Å²) in [5.74, 6) is 0.668. The normalized spacial score (nSPS) is 15.2. The van der Waals surface area contributed by atoms with Gasteiger partial charge in [-0.2, -0.15) is 13.2 Å². The fraction of sp³-hybridized carbons (Fsp3) is 0.571. The van der Waals surface area contributed by atoms with Gasteiger partial charge in [-0.05, 0) is 73.0 Å². The Morgan fingerprint density at radius 1 is 0.970 bits per heavy atom. The molecule has 2 aromatic rings. The monoisotopic (exact) mass is 461 g/mol. The maximum Gasteiger partial charge on any atom is 0.416 e. The van der Waals surface area contributed by atoms with E-state index in [0.29, 0.717) is 11.5 Å². The number of nitrogens with zero attached hydrogens (tertiary/aromatic N) is 1. The second kappa shape index (κ2) is 12.0. The van der Waals surface area contributed by atoms with Crippen LogP contribution in [0.2, 0.25) is 0 Å². The number of hydrogen-bond acceptors (Lipinski definition) is 2. The Morgan fingerprint density at radius 3 is 2.24 bits per heavy atom. The summed E-state index contributed by atoms with van der Waals surface area (Å²) in [5, 5.41) is 0. The largest absolute Gasteiger partial charge is 0.416 e. The van der Waals surface area contributed by atoms with Gasteiger partial charge in [0, 0.05) is 6.54 Å². The van der Waals surface area contributed by atoms with E-state index in [1.165, 1.54) is 11.6 Å². The van der Waals surface area contributed by atoms with E-state index < -0.39 is 11.7 Å². The first-order valence-corrected chi connectivity index (χ1v) is 12.4. The molecule has 0 amide bonds. The second-order valence-corrected chi connectivity index (χ2v) is 9.74. The lowest BCUT2D eigenvalue weighted by Crippen LogP contribution is -2.26. The average Bonchev–Trinajstić information content (AvgIpc) is 3.30. The van der Waals surface area contributed by atoms with Crippen LogP contribution in [0.25, 0.3) is 11.1 Å². The molecule has 0 unspecified atom stereocenters. The highest BCUT2D eigenvalue weighted by Gasteiger charge is 2.34. The minimum atomic E-state index is -4.40. The van der Waals surface area contributed by atoms with Crippen molar-refractivity contribution in [2.45, 2.75) is 84.7 Å². The topological polar surface area (TPSA) is 12.5 Å². The van der Waals surface area contributed by atoms with Crippen molar-refractivity contribution in [2.24, 2.45) is 5.92 Å². The van der Waals surface area contributed by atoms with E-state index in [4.69, 9.17) is 4.74 Å². The van der Waals surface area contributed by atoms with E-state index in [9.17, 15) is 13.2 Å². The van der Waals surface area contributed by atoms with E-state index in [1.54, 1.807) is 12.1 Å². The predicted molar refractivity (Wildman–Crippen MR) is 129 cm³/mol. The molecule has 3 rings (SSSR count). The molecule has 1 aliphatic rings. The van der Waals surface area contributed by atoms with E-state index in [1.807, 2.05) is 24.3 Å². The lowest BCUT2D eigenvalue weighted by atomic mass is 9.98. The molecule has 0 spiro atoms. The van der Waals surface area contributed by atoms with Gasteiger partial charge in [0.1, 0.15) is 0 Å². The van der Waals surface area contributed by atoms with Crippen LogP contribution in [-0.4, -0.2) is 24.1 Å². The van der Waals surface area contributed by atoms with Gasteiger partial charge in [0.15, 0.2) is 0 Å². The molecule has 0 saturated heterocycles. The molecule has 0 aromatic heterocycles. The van der Waals surface area contributed by atoms with Gasteiger partial charge in [-0.1, -0.05) is 70.0 Å². The molecule has 5 heteroatoms. The van der Waals surface area contributed by atoms with Crippen LogP contribution in [0.5, 0.6) is 0 Å². The van der Waals surface area contributed by atoms with Crippen molar-refractivity contribution >= 4 is 0 Å². The maximum atomic E-state index is 13.8. The standard InChI is InChI=1S/C28H38F3NO/c1-4-16-32(17-15-21(2)3)19-22-9-11-23(12-10-22)24-13-14-25(27(18-24)28(29,30)31)20-33-26-7-5-6-8-26/h9-14,18,21,26H,4-8,15-17,19-20H2,1-3H3. The smallest absolute Gasteiger partial charge is 0.374 e. The predicted octanol–water partition coefficient (Wildman–Crippen LogP) is 8.09. The van der Waals surface area contributed by atoms with Crippen molar-refractivity contribution in [3.8, 4) is 11.1 Å². The molecule has 2 aromatic carbocycles. The van der Waals surface area contributed by atoms with Crippen LogP contribution < -0.4 is 0 Å². The van der Waals surface area contributed by atoms with Crippen molar-refractivity contribution in [2.75, 3.05) is 13.1 Å². The van der Waals surface area contributed by atoms with Crippen LogP contribution in [0.4, 0.5) is 13.2 Å². The molecule has 0 atom stereocenters. The van der Waals surface area contributed by atoms with Crippen molar-refractivity contribution in [3.05, 3.63) is 59.2 Å². The first-order chi connectivity index (χ1) is 15.8. The SMILES string of the molecule is CCCN(CCC(C)C)Cc1ccc(-c2ccc(COC3CCCC3)c(C(F)(F)F)c2)cc1. The van der Waals surface area contributed by atoms with Crippen molar-refractivity contribution in [3.63, 3.8) is 0 Å². The van der Waals surface area contributed by atoms with Gasteiger partial charge >= 0.3 is 6.18 Å². The van der Waals surface area contributed by atoms with E-state index in [2.05, 4.69) is 25.7 Å². The van der Waals surface area contributed by atoms with Crippen LogP contribution in [-0.2, 0) is 24.1 Å². The van der Waals surface area contributed by atoms with Crippen LogP contribution in [0.15, 0.2) is 42.5 Å². The van der Waals surface area contributed by atoms with Gasteiger partial charge in [0.2, 0.25) is 0 Å². The molecule has 2 nitrogen and oxygen atoms in total. The summed E-state index contributed by atoms with van der Waals surface area (Å²) >= 11 is 0. The number of alkyl halides is 3. The average molecular weight is 462 g/mol. The Hall–Kier alpha value is -1.85. The third-order valence-electron chi connectivity index (χ3n) is 6.45. The molecule has 33 heavy (non-hydrogen) atoms. The van der Waals surface area contributed by atoms with E-state index in [0.717, 1.165) is 63.7 Å². The third-order valence-corrected chi connectivity index (χ3v) is 6.45. The maximum absolute atomic E-state index is 13.8. The minimum absolute atomic E-state index is 0.0162. The first-order valence-electron chi connectivity index (χ1n) is 12.4. The molecule has 0 N–H and O–H groups in total. The second-order valence-electron chi connectivity index (χ2n) is 9.74. The highest BCUT2D eigenvalue weighted by atomic mass is 19.4. The fourth-order valence-corrected chi connectivity index (χ4v) is 4.50. The lowest BCUT2D eigenvalue weighted by molar-refractivity contribution is -0.139. The molecule has 1 fully saturated rings. The van der Waals surface area contributed by atoms with Gasteiger partial charge < -0.3 is 4.74 Å². The number of ether oxygens (including phenoxy) is 1.